The third-order valence-corrected chi connectivity index (χ3v) is 9.20. The van der Waals surface area contributed by atoms with Crippen LogP contribution < -0.4 is 15.8 Å². The highest BCUT2D eigenvalue weighted by Crippen LogP contribution is 2.39. The lowest BCUT2D eigenvalue weighted by molar-refractivity contribution is -0.137. The first-order chi connectivity index (χ1) is 26.1. The van der Waals surface area contributed by atoms with Crippen LogP contribution in [0.15, 0.2) is 73.1 Å². The van der Waals surface area contributed by atoms with Gasteiger partial charge in [-0.1, -0.05) is 12.1 Å². The summed E-state index contributed by atoms with van der Waals surface area (Å²) in [6.45, 7) is 5.50. The lowest BCUT2D eigenvalue weighted by Gasteiger charge is -2.10. The maximum absolute atomic E-state index is 15.2. The molecule has 54 heavy (non-hydrogen) atoms. The topological polar surface area (TPSA) is 118 Å². The second-order valence-electron chi connectivity index (χ2n) is 12.3. The number of ketones is 1. The Morgan fingerprint density at radius 3 is 2.22 bits per heavy atom. The highest BCUT2D eigenvalue weighted by molar-refractivity contribution is 7.22. The number of alkyl halides is 3. The van der Waals surface area contributed by atoms with E-state index in [0.717, 1.165) is 41.6 Å². The first kappa shape index (κ1) is 40.8. The molecule has 0 atom stereocenters. The van der Waals surface area contributed by atoms with Gasteiger partial charge in [0.1, 0.15) is 17.3 Å². The van der Waals surface area contributed by atoms with E-state index in [2.05, 4.69) is 15.3 Å². The van der Waals surface area contributed by atoms with Gasteiger partial charge in [-0.15, -0.1) is 11.3 Å². The van der Waals surface area contributed by atoms with Gasteiger partial charge in [0.05, 0.1) is 52.8 Å². The minimum atomic E-state index is -4.67. The molecule has 2 aromatic carbocycles. The van der Waals surface area contributed by atoms with E-state index in [1.165, 1.54) is 23.5 Å². The molecule has 3 N–H and O–H groups in total. The first-order valence-corrected chi connectivity index (χ1v) is 18.2. The summed E-state index contributed by atoms with van der Waals surface area (Å²) >= 11 is 1.40. The Morgan fingerprint density at radius 2 is 1.52 bits per heavy atom. The summed E-state index contributed by atoms with van der Waals surface area (Å²) in [6.07, 6.45) is -0.483. The quantitative estimate of drug-likeness (QED) is 0.0540. The molecular weight excluding hydrogens is 732 g/mol. The van der Waals surface area contributed by atoms with Crippen LogP contribution in [0.5, 0.6) is 11.5 Å². The molecule has 0 radical (unpaired) electrons. The zero-order valence-corrected chi connectivity index (χ0v) is 30.2. The molecule has 0 unspecified atom stereocenters. The Balaban J connectivity index is 1.08. The van der Waals surface area contributed by atoms with Gasteiger partial charge in [-0.3, -0.25) is 14.8 Å². The summed E-state index contributed by atoms with van der Waals surface area (Å²) in [5, 5.41) is 3.39. The Bertz CT molecular complexity index is 1960. The van der Waals surface area contributed by atoms with E-state index in [-0.39, 0.29) is 23.3 Å². The van der Waals surface area contributed by atoms with Gasteiger partial charge >= 0.3 is 6.18 Å². The van der Waals surface area contributed by atoms with Gasteiger partial charge in [-0.05, 0) is 85.1 Å². The van der Waals surface area contributed by atoms with Gasteiger partial charge in [0, 0.05) is 51.1 Å². The molecule has 288 valence electrons. The maximum atomic E-state index is 15.2. The number of hydrogen-bond acceptors (Lipinski definition) is 10. The van der Waals surface area contributed by atoms with Gasteiger partial charge in [-0.2, -0.15) is 13.2 Å². The van der Waals surface area contributed by atoms with Gasteiger partial charge in [0.15, 0.2) is 11.6 Å². The zero-order valence-electron chi connectivity index (χ0n) is 29.4. The monoisotopic (exact) mass is 772 g/mol. The van der Waals surface area contributed by atoms with Crippen LogP contribution in [0, 0.1) is 11.6 Å². The Morgan fingerprint density at radius 1 is 0.778 bits per heavy atom. The fraction of sp³-hybridized carbons (Fsp3) is 0.359. The van der Waals surface area contributed by atoms with E-state index < -0.39 is 35.6 Å². The van der Waals surface area contributed by atoms with Crippen molar-refractivity contribution >= 4 is 27.3 Å². The second kappa shape index (κ2) is 20.3. The third-order valence-electron chi connectivity index (χ3n) is 8.04. The Hall–Kier alpha value is -4.38. The van der Waals surface area contributed by atoms with Crippen molar-refractivity contribution in [3.63, 3.8) is 0 Å². The lowest BCUT2D eigenvalue weighted by atomic mass is 10.0. The molecule has 5 aromatic rings. The number of Topliss-reactive ketones (excluding diaryl/α,β-unsaturated/α-hetero) is 1. The molecule has 9 nitrogen and oxygen atoms in total. The largest absolute Gasteiger partial charge is 0.453 e. The molecule has 0 aliphatic rings. The molecule has 15 heteroatoms. The summed E-state index contributed by atoms with van der Waals surface area (Å²) in [4.78, 5) is 22.5. The second-order valence-corrected chi connectivity index (χ2v) is 13.3. The van der Waals surface area contributed by atoms with E-state index in [4.69, 9.17) is 24.7 Å². The predicted octanol–water partition coefficient (Wildman–Crippen LogP) is 7.68. The normalized spacial score (nSPS) is 11.7. The number of pyridine rings is 2. The molecule has 0 amide bonds. The van der Waals surface area contributed by atoms with Crippen LogP contribution in [0.3, 0.4) is 0 Å². The number of aromatic nitrogens is 2. The molecule has 3 heterocycles. The molecule has 3 aromatic heterocycles. The van der Waals surface area contributed by atoms with Crippen molar-refractivity contribution in [2.75, 3.05) is 52.7 Å². The minimum absolute atomic E-state index is 0.0935. The van der Waals surface area contributed by atoms with Crippen molar-refractivity contribution in [1.29, 1.82) is 0 Å². The Kier molecular flexibility index (Phi) is 15.4. The summed E-state index contributed by atoms with van der Waals surface area (Å²) in [5.74, 6) is -1.95. The lowest BCUT2D eigenvalue weighted by Crippen LogP contribution is -2.17. The van der Waals surface area contributed by atoms with Gasteiger partial charge in [0.2, 0.25) is 0 Å². The van der Waals surface area contributed by atoms with Crippen molar-refractivity contribution in [1.82, 2.24) is 15.3 Å². The minimum Gasteiger partial charge on any atom is -0.453 e. The van der Waals surface area contributed by atoms with E-state index in [1.54, 1.807) is 12.3 Å². The molecule has 0 aliphatic carbocycles. The van der Waals surface area contributed by atoms with Gasteiger partial charge in [0.25, 0.3) is 0 Å². The molecule has 0 saturated carbocycles. The van der Waals surface area contributed by atoms with Crippen LogP contribution in [-0.2, 0) is 44.6 Å². The van der Waals surface area contributed by atoms with Crippen LogP contribution in [0.2, 0.25) is 0 Å². The molecule has 0 saturated heterocycles. The summed E-state index contributed by atoms with van der Waals surface area (Å²) in [5.41, 5.74) is 6.67. The highest BCUT2D eigenvalue weighted by Gasteiger charge is 2.31. The Labute approximate surface area is 313 Å². The highest BCUT2D eigenvalue weighted by atomic mass is 32.1. The maximum Gasteiger partial charge on any atom is 0.416 e. The van der Waals surface area contributed by atoms with Gasteiger partial charge < -0.3 is 30.0 Å². The number of nitrogens with one attached hydrogen (secondary N) is 1. The number of hydrogen-bond donors (Lipinski definition) is 2. The number of carbonyl (C=O) groups excluding carboxylic acids is 1. The SMILES string of the molecule is NCCCOCCOCCOCCCNCc1ccc(-c2cc3nccc(Oc4ccc(CC(=O)Cc5cc(C(F)(F)F)ccc5F)cc4F)c3s2)nc1. The van der Waals surface area contributed by atoms with E-state index in [1.807, 2.05) is 24.4 Å². The number of halogens is 5. The predicted molar refractivity (Wildman–Crippen MR) is 196 cm³/mol. The smallest absolute Gasteiger partial charge is 0.416 e. The third kappa shape index (κ3) is 12.3. The number of fused-ring (bicyclic) bond motifs is 1. The van der Waals surface area contributed by atoms with E-state index in [0.29, 0.717) is 86.9 Å². The molecule has 0 aliphatic heterocycles. The number of nitrogens with zero attached hydrogens (tertiary/aromatic N) is 2. The van der Waals surface area contributed by atoms with Gasteiger partial charge in [-0.25, -0.2) is 8.78 Å². The number of rotatable bonds is 22. The number of ether oxygens (including phenoxy) is 4. The average molecular weight is 773 g/mol. The molecule has 0 bridgehead atoms. The number of carbonyl (C=O) groups is 1. The summed E-state index contributed by atoms with van der Waals surface area (Å²) in [6, 6.07) is 13.3. The molecule has 5 rings (SSSR count). The van der Waals surface area contributed by atoms with E-state index >= 15 is 4.39 Å². The molecular formula is C39H41F5N4O5S. The van der Waals surface area contributed by atoms with Crippen LogP contribution in [0.25, 0.3) is 20.8 Å². The molecule has 0 fully saturated rings. The average Bonchev–Trinajstić information content (AvgIpc) is 3.59. The zero-order chi connectivity index (χ0) is 38.3. The van der Waals surface area contributed by atoms with Crippen molar-refractivity contribution < 1.29 is 45.7 Å². The van der Waals surface area contributed by atoms with Crippen molar-refractivity contribution in [2.45, 2.75) is 38.4 Å². The van der Waals surface area contributed by atoms with Crippen molar-refractivity contribution in [3.8, 4) is 22.1 Å². The van der Waals surface area contributed by atoms with Crippen molar-refractivity contribution in [2.24, 2.45) is 5.73 Å². The summed E-state index contributed by atoms with van der Waals surface area (Å²) in [7, 11) is 0. The van der Waals surface area contributed by atoms with Crippen LogP contribution >= 0.6 is 11.3 Å². The first-order valence-electron chi connectivity index (χ1n) is 17.4. The number of nitrogens with two attached hydrogens (primary N) is 1. The summed E-state index contributed by atoms with van der Waals surface area (Å²) < 4.78 is 91.5. The standard InChI is InChI=1S/C39H41F5N4O5S/c40-31-6-5-29(39(42,43)44)21-28(31)22-30(49)19-26-4-8-35(32(41)20-26)53-36-9-12-47-34-23-37(54-38(34)36)33-7-3-27(25-48-33)24-46-11-2-14-51-16-18-52-17-15-50-13-1-10-45/h3-9,12,20-21,23,25,46H,1-2,10-11,13-19,22,24,45H2. The van der Waals surface area contributed by atoms with Crippen LogP contribution in [-0.4, -0.2) is 68.5 Å². The number of thiophene rings is 1. The fourth-order valence-electron chi connectivity index (χ4n) is 5.30. The van der Waals surface area contributed by atoms with Crippen LogP contribution in [0.1, 0.15) is 35.1 Å². The fourth-order valence-corrected chi connectivity index (χ4v) is 6.34. The van der Waals surface area contributed by atoms with E-state index in [9.17, 15) is 22.4 Å². The number of benzene rings is 2. The molecule has 0 spiro atoms. The van der Waals surface area contributed by atoms with Crippen molar-refractivity contribution in [3.05, 3.63) is 107 Å². The van der Waals surface area contributed by atoms with Crippen LogP contribution in [0.4, 0.5) is 22.0 Å².